The van der Waals surface area contributed by atoms with Crippen molar-refractivity contribution in [2.45, 2.75) is 78.1 Å². The predicted octanol–water partition coefficient (Wildman–Crippen LogP) is 7.98. The molecule has 3 rings (SSSR count). The van der Waals surface area contributed by atoms with E-state index in [0.717, 1.165) is 47.8 Å². The maximum atomic E-state index is 14.4. The van der Waals surface area contributed by atoms with Crippen LogP contribution in [0.3, 0.4) is 0 Å². The van der Waals surface area contributed by atoms with E-state index in [4.69, 9.17) is 0 Å². The third kappa shape index (κ3) is 5.67. The fraction of sp³-hybridized carbons (Fsp3) is 0.538. The Balaban J connectivity index is 1.53. The molecule has 1 saturated carbocycles. The van der Waals surface area contributed by atoms with Gasteiger partial charge in [-0.2, -0.15) is 0 Å². The molecule has 27 heavy (non-hydrogen) atoms. The lowest BCUT2D eigenvalue weighted by Crippen LogP contribution is -2.15. The smallest absolute Gasteiger partial charge is 0.131 e. The SMILES string of the molecule is CCCc1ccc(-c2ccc(CCC3CCC(CCC)CC3)cc2)c(F)c1. The maximum Gasteiger partial charge on any atom is 0.131 e. The van der Waals surface area contributed by atoms with E-state index in [0.29, 0.717) is 0 Å². The lowest BCUT2D eigenvalue weighted by molar-refractivity contribution is 0.252. The van der Waals surface area contributed by atoms with E-state index < -0.39 is 0 Å². The number of rotatable bonds is 8. The molecule has 0 unspecified atom stereocenters. The van der Waals surface area contributed by atoms with Gasteiger partial charge in [-0.05, 0) is 53.9 Å². The molecule has 2 aromatic rings. The minimum Gasteiger partial charge on any atom is -0.206 e. The van der Waals surface area contributed by atoms with Gasteiger partial charge in [0.25, 0.3) is 0 Å². The fourth-order valence-electron chi connectivity index (χ4n) is 4.68. The number of halogens is 1. The molecule has 0 aromatic heterocycles. The molecule has 0 radical (unpaired) electrons. The van der Waals surface area contributed by atoms with Crippen LogP contribution in [0, 0.1) is 17.7 Å². The summed E-state index contributed by atoms with van der Waals surface area (Å²) in [5, 5.41) is 0. The van der Waals surface area contributed by atoms with Crippen molar-refractivity contribution in [3.05, 3.63) is 59.4 Å². The Kier molecular flexibility index (Phi) is 7.50. The van der Waals surface area contributed by atoms with Crippen LogP contribution < -0.4 is 0 Å². The van der Waals surface area contributed by atoms with Crippen LogP contribution in [0.4, 0.5) is 4.39 Å². The summed E-state index contributed by atoms with van der Waals surface area (Å²) in [6.45, 7) is 4.43. The van der Waals surface area contributed by atoms with E-state index in [2.05, 4.69) is 44.2 Å². The van der Waals surface area contributed by atoms with Crippen LogP contribution in [0.1, 0.15) is 76.3 Å². The largest absolute Gasteiger partial charge is 0.206 e. The third-order valence-corrected chi connectivity index (χ3v) is 6.34. The summed E-state index contributed by atoms with van der Waals surface area (Å²) < 4.78 is 14.4. The first kappa shape index (κ1) is 20.1. The van der Waals surface area contributed by atoms with Crippen molar-refractivity contribution >= 4 is 0 Å². The predicted molar refractivity (Wildman–Crippen MR) is 115 cm³/mol. The molecule has 0 atom stereocenters. The van der Waals surface area contributed by atoms with Crippen molar-refractivity contribution < 1.29 is 4.39 Å². The van der Waals surface area contributed by atoms with Crippen LogP contribution in [0.15, 0.2) is 42.5 Å². The van der Waals surface area contributed by atoms with E-state index in [1.54, 1.807) is 6.07 Å². The first-order valence-electron chi connectivity index (χ1n) is 11.1. The number of hydrogen-bond acceptors (Lipinski definition) is 0. The lowest BCUT2D eigenvalue weighted by Gasteiger charge is -2.28. The van der Waals surface area contributed by atoms with E-state index in [1.165, 1.54) is 50.5 Å². The standard InChI is InChI=1S/C26H35F/c1-3-5-20-7-9-21(10-8-20)11-12-22-13-16-24(17-14-22)25-18-15-23(6-4-2)19-26(25)27/h13-21H,3-12H2,1-2H3. The summed E-state index contributed by atoms with van der Waals surface area (Å²) >= 11 is 0. The Labute approximate surface area is 165 Å². The molecule has 1 fully saturated rings. The van der Waals surface area contributed by atoms with Gasteiger partial charge in [0.2, 0.25) is 0 Å². The van der Waals surface area contributed by atoms with Crippen molar-refractivity contribution in [2.75, 3.05) is 0 Å². The molecule has 0 spiro atoms. The van der Waals surface area contributed by atoms with E-state index in [1.807, 2.05) is 6.07 Å². The zero-order chi connectivity index (χ0) is 19.1. The van der Waals surface area contributed by atoms with Gasteiger partial charge in [-0.1, -0.05) is 95.2 Å². The topological polar surface area (TPSA) is 0 Å². The van der Waals surface area contributed by atoms with Crippen LogP contribution in [0.5, 0.6) is 0 Å². The lowest BCUT2D eigenvalue weighted by atomic mass is 9.78. The first-order chi connectivity index (χ1) is 13.2. The normalized spacial score (nSPS) is 20.0. The van der Waals surface area contributed by atoms with Crippen molar-refractivity contribution in [1.29, 1.82) is 0 Å². The second-order valence-corrected chi connectivity index (χ2v) is 8.48. The summed E-state index contributed by atoms with van der Waals surface area (Å²) in [4.78, 5) is 0. The number of hydrogen-bond donors (Lipinski definition) is 0. The maximum absolute atomic E-state index is 14.4. The van der Waals surface area contributed by atoms with Gasteiger partial charge < -0.3 is 0 Å². The van der Waals surface area contributed by atoms with Gasteiger partial charge in [-0.25, -0.2) is 4.39 Å². The number of aryl methyl sites for hydroxylation is 2. The van der Waals surface area contributed by atoms with Gasteiger partial charge in [-0.3, -0.25) is 0 Å². The van der Waals surface area contributed by atoms with Crippen molar-refractivity contribution in [3.63, 3.8) is 0 Å². The van der Waals surface area contributed by atoms with E-state index in [-0.39, 0.29) is 5.82 Å². The van der Waals surface area contributed by atoms with Crippen LogP contribution in [0.25, 0.3) is 11.1 Å². The third-order valence-electron chi connectivity index (χ3n) is 6.34. The Morgan fingerprint density at radius 2 is 1.37 bits per heavy atom. The number of benzene rings is 2. The molecular formula is C26H35F. The van der Waals surface area contributed by atoms with E-state index >= 15 is 0 Å². The summed E-state index contributed by atoms with van der Waals surface area (Å²) in [5.74, 6) is 1.79. The van der Waals surface area contributed by atoms with Crippen LogP contribution in [0.2, 0.25) is 0 Å². The Hall–Kier alpha value is -1.63. The van der Waals surface area contributed by atoms with Gasteiger partial charge in [0.05, 0.1) is 0 Å². The van der Waals surface area contributed by atoms with Crippen LogP contribution >= 0.6 is 0 Å². The van der Waals surface area contributed by atoms with Gasteiger partial charge in [-0.15, -0.1) is 0 Å². The van der Waals surface area contributed by atoms with E-state index in [9.17, 15) is 4.39 Å². The molecule has 0 bridgehead atoms. The fourth-order valence-corrected chi connectivity index (χ4v) is 4.68. The average Bonchev–Trinajstić information content (AvgIpc) is 2.69. The molecule has 0 saturated heterocycles. The van der Waals surface area contributed by atoms with Gasteiger partial charge in [0.1, 0.15) is 5.82 Å². The molecule has 0 aliphatic heterocycles. The zero-order valence-corrected chi connectivity index (χ0v) is 17.1. The first-order valence-corrected chi connectivity index (χ1v) is 11.1. The highest BCUT2D eigenvalue weighted by atomic mass is 19.1. The van der Waals surface area contributed by atoms with Gasteiger partial charge in [0, 0.05) is 5.56 Å². The molecule has 1 heteroatoms. The highest BCUT2D eigenvalue weighted by Gasteiger charge is 2.20. The van der Waals surface area contributed by atoms with Crippen molar-refractivity contribution in [1.82, 2.24) is 0 Å². The Morgan fingerprint density at radius 1 is 0.741 bits per heavy atom. The summed E-state index contributed by atoms with van der Waals surface area (Å²) in [7, 11) is 0. The quantitative estimate of drug-likeness (QED) is 0.444. The molecule has 0 nitrogen and oxygen atoms in total. The summed E-state index contributed by atoms with van der Waals surface area (Å²) in [6, 6.07) is 14.3. The molecule has 0 amide bonds. The molecule has 2 aromatic carbocycles. The average molecular weight is 367 g/mol. The molecule has 1 aliphatic rings. The Bertz CT molecular complexity index is 693. The minimum atomic E-state index is -0.0995. The molecule has 146 valence electrons. The molecule has 0 heterocycles. The molecule has 1 aliphatic carbocycles. The molecular weight excluding hydrogens is 331 g/mol. The highest BCUT2D eigenvalue weighted by Crippen LogP contribution is 2.34. The monoisotopic (exact) mass is 366 g/mol. The summed E-state index contributed by atoms with van der Waals surface area (Å²) in [5.41, 5.74) is 4.18. The van der Waals surface area contributed by atoms with Gasteiger partial charge in [0.15, 0.2) is 0 Å². The van der Waals surface area contributed by atoms with Crippen LogP contribution in [-0.4, -0.2) is 0 Å². The minimum absolute atomic E-state index is 0.0995. The van der Waals surface area contributed by atoms with Crippen LogP contribution in [-0.2, 0) is 12.8 Å². The molecule has 0 N–H and O–H groups in total. The van der Waals surface area contributed by atoms with Crippen molar-refractivity contribution in [3.8, 4) is 11.1 Å². The second kappa shape index (κ2) is 10.1. The second-order valence-electron chi connectivity index (χ2n) is 8.48. The van der Waals surface area contributed by atoms with Crippen molar-refractivity contribution in [2.24, 2.45) is 11.8 Å². The zero-order valence-electron chi connectivity index (χ0n) is 17.1. The summed E-state index contributed by atoms with van der Waals surface area (Å²) in [6.07, 6.45) is 12.9. The highest BCUT2D eigenvalue weighted by molar-refractivity contribution is 5.64. The van der Waals surface area contributed by atoms with Gasteiger partial charge >= 0.3 is 0 Å². The Morgan fingerprint density at radius 3 is 1.96 bits per heavy atom.